The van der Waals surface area contributed by atoms with Crippen LogP contribution in [0.2, 0.25) is 0 Å². The van der Waals surface area contributed by atoms with E-state index in [4.69, 9.17) is 4.74 Å². The molecule has 2 aromatic carbocycles. The van der Waals surface area contributed by atoms with Gasteiger partial charge < -0.3 is 20.5 Å². The van der Waals surface area contributed by atoms with E-state index in [2.05, 4.69) is 41.5 Å². The van der Waals surface area contributed by atoms with Crippen LogP contribution >= 0.6 is 0 Å². The summed E-state index contributed by atoms with van der Waals surface area (Å²) in [5.74, 6) is -1.20. The van der Waals surface area contributed by atoms with Gasteiger partial charge in [0.05, 0.1) is 0 Å². The van der Waals surface area contributed by atoms with Crippen molar-refractivity contribution in [1.29, 1.82) is 0 Å². The number of rotatable bonds is 10. The number of nitrogens with one attached hydrogen (secondary N) is 2. The Bertz CT molecular complexity index is 1050. The second-order valence-electron chi connectivity index (χ2n) is 9.37. The Morgan fingerprint density at radius 2 is 1.71 bits per heavy atom. The van der Waals surface area contributed by atoms with E-state index in [0.717, 1.165) is 12.8 Å². The largest absolute Gasteiger partial charge is 0.480 e. The summed E-state index contributed by atoms with van der Waals surface area (Å²) < 4.78 is 5.63. The minimum atomic E-state index is -1.04. The molecule has 35 heavy (non-hydrogen) atoms. The molecule has 1 saturated carbocycles. The number of hydrogen-bond donors (Lipinski definition) is 3. The van der Waals surface area contributed by atoms with Gasteiger partial charge in [-0.25, -0.2) is 9.59 Å². The summed E-state index contributed by atoms with van der Waals surface area (Å²) >= 11 is 0. The fourth-order valence-electron chi connectivity index (χ4n) is 5.26. The predicted molar refractivity (Wildman–Crippen MR) is 133 cm³/mol. The van der Waals surface area contributed by atoms with Crippen LogP contribution in [0.1, 0.15) is 55.6 Å². The third-order valence-corrected chi connectivity index (χ3v) is 6.97. The number of carbonyl (C=O) groups is 3. The molecule has 2 amide bonds. The number of hydrogen-bond acceptors (Lipinski definition) is 4. The number of alkyl carbamates (subject to hydrolysis) is 1. The lowest BCUT2D eigenvalue weighted by atomic mass is 9.98. The summed E-state index contributed by atoms with van der Waals surface area (Å²) in [5.41, 5.74) is 4.70. The molecule has 0 saturated heterocycles. The minimum Gasteiger partial charge on any atom is -0.480 e. The van der Waals surface area contributed by atoms with Crippen LogP contribution in [0.25, 0.3) is 11.1 Å². The van der Waals surface area contributed by atoms with Gasteiger partial charge in [0.25, 0.3) is 0 Å². The summed E-state index contributed by atoms with van der Waals surface area (Å²) in [7, 11) is 0. The lowest BCUT2D eigenvalue weighted by molar-refractivity contribution is -0.142. The Morgan fingerprint density at radius 1 is 1.06 bits per heavy atom. The van der Waals surface area contributed by atoms with E-state index >= 15 is 0 Å². The van der Waals surface area contributed by atoms with E-state index < -0.39 is 18.1 Å². The number of fused-ring (bicyclic) bond motifs is 3. The van der Waals surface area contributed by atoms with Crippen molar-refractivity contribution in [3.8, 4) is 11.1 Å². The monoisotopic (exact) mass is 476 g/mol. The Morgan fingerprint density at radius 3 is 2.34 bits per heavy atom. The molecular formula is C28H32N2O5. The number of amides is 2. The summed E-state index contributed by atoms with van der Waals surface area (Å²) in [6, 6.07) is 15.4. The van der Waals surface area contributed by atoms with Crippen LogP contribution in [0.4, 0.5) is 4.79 Å². The second-order valence-corrected chi connectivity index (χ2v) is 9.37. The van der Waals surface area contributed by atoms with Crippen LogP contribution in [-0.4, -0.2) is 41.8 Å². The number of allylic oxidation sites excluding steroid dienone is 1. The molecule has 4 rings (SSSR count). The van der Waals surface area contributed by atoms with Gasteiger partial charge in [-0.3, -0.25) is 4.79 Å². The number of carbonyl (C=O) groups excluding carboxylic acids is 2. The Kier molecular flexibility index (Phi) is 7.85. The molecule has 3 atom stereocenters. The summed E-state index contributed by atoms with van der Waals surface area (Å²) in [4.78, 5) is 36.2. The van der Waals surface area contributed by atoms with Gasteiger partial charge in [-0.2, -0.15) is 0 Å². The van der Waals surface area contributed by atoms with Gasteiger partial charge in [0, 0.05) is 18.4 Å². The Balaban J connectivity index is 1.24. The first-order chi connectivity index (χ1) is 17.0. The molecule has 2 aliphatic rings. The standard InChI is InChI=1S/C28H32N2O5/c1-2-3-12-25(27(32)33)30-26(31)16-18-13-14-19(15-18)29-28(34)35-17-24-22-10-6-4-8-20(22)21-9-5-7-11-23(21)24/h2,4-11,18-19,24-25H,1,3,12-17H2,(H,29,34)(H,30,31)(H,32,33). The second kappa shape index (κ2) is 11.2. The zero-order valence-corrected chi connectivity index (χ0v) is 19.7. The molecule has 7 heteroatoms. The van der Waals surface area contributed by atoms with Crippen LogP contribution in [0, 0.1) is 5.92 Å². The third-order valence-electron chi connectivity index (χ3n) is 6.97. The predicted octanol–water partition coefficient (Wildman–Crippen LogP) is 4.62. The summed E-state index contributed by atoms with van der Waals surface area (Å²) in [6.07, 6.45) is 4.51. The molecule has 3 N–H and O–H groups in total. The van der Waals surface area contributed by atoms with Crippen molar-refractivity contribution in [1.82, 2.24) is 10.6 Å². The topological polar surface area (TPSA) is 105 Å². The Hall–Kier alpha value is -3.61. The molecular weight excluding hydrogens is 444 g/mol. The molecule has 0 heterocycles. The van der Waals surface area contributed by atoms with E-state index in [0.29, 0.717) is 19.3 Å². The first-order valence-electron chi connectivity index (χ1n) is 12.2. The van der Waals surface area contributed by atoms with Crippen LogP contribution in [0.3, 0.4) is 0 Å². The molecule has 0 aromatic heterocycles. The van der Waals surface area contributed by atoms with Crippen LogP contribution < -0.4 is 10.6 Å². The maximum absolute atomic E-state index is 12.5. The van der Waals surface area contributed by atoms with Crippen LogP contribution in [0.5, 0.6) is 0 Å². The minimum absolute atomic E-state index is 0.0106. The average Bonchev–Trinajstić information content (AvgIpc) is 3.41. The van der Waals surface area contributed by atoms with E-state index in [1.54, 1.807) is 6.08 Å². The fraction of sp³-hybridized carbons (Fsp3) is 0.393. The van der Waals surface area contributed by atoms with Crippen molar-refractivity contribution in [2.75, 3.05) is 6.61 Å². The molecule has 184 valence electrons. The highest BCUT2D eigenvalue weighted by molar-refractivity contribution is 5.83. The zero-order valence-electron chi connectivity index (χ0n) is 19.7. The highest BCUT2D eigenvalue weighted by atomic mass is 16.5. The number of benzene rings is 2. The van der Waals surface area contributed by atoms with Crippen molar-refractivity contribution in [3.63, 3.8) is 0 Å². The van der Waals surface area contributed by atoms with Gasteiger partial charge in [-0.05, 0) is 60.3 Å². The van der Waals surface area contributed by atoms with Crippen LogP contribution in [-0.2, 0) is 14.3 Å². The van der Waals surface area contributed by atoms with Gasteiger partial charge >= 0.3 is 12.1 Å². The number of carboxylic acid groups (broad SMARTS) is 1. The normalized spacial score (nSPS) is 19.3. The van der Waals surface area contributed by atoms with Crippen molar-refractivity contribution in [2.45, 2.75) is 56.5 Å². The van der Waals surface area contributed by atoms with Crippen LogP contribution in [0.15, 0.2) is 61.2 Å². The van der Waals surface area contributed by atoms with Crippen molar-refractivity contribution in [3.05, 3.63) is 72.3 Å². The van der Waals surface area contributed by atoms with Gasteiger partial charge in [0.15, 0.2) is 0 Å². The number of aliphatic carboxylic acids is 1. The van der Waals surface area contributed by atoms with Gasteiger partial charge in [-0.15, -0.1) is 6.58 Å². The maximum Gasteiger partial charge on any atom is 0.407 e. The zero-order chi connectivity index (χ0) is 24.8. The smallest absolute Gasteiger partial charge is 0.407 e. The molecule has 0 spiro atoms. The fourth-order valence-corrected chi connectivity index (χ4v) is 5.26. The molecule has 0 bridgehead atoms. The molecule has 2 aliphatic carbocycles. The first-order valence-corrected chi connectivity index (χ1v) is 12.2. The Labute approximate surface area is 205 Å². The van der Waals surface area contributed by atoms with Gasteiger partial charge in [-0.1, -0.05) is 54.6 Å². The van der Waals surface area contributed by atoms with E-state index in [-0.39, 0.29) is 36.8 Å². The quantitative estimate of drug-likeness (QED) is 0.434. The van der Waals surface area contributed by atoms with Crippen molar-refractivity contribution >= 4 is 18.0 Å². The highest BCUT2D eigenvalue weighted by Gasteiger charge is 2.31. The average molecular weight is 477 g/mol. The van der Waals surface area contributed by atoms with Crippen molar-refractivity contribution in [2.24, 2.45) is 5.92 Å². The van der Waals surface area contributed by atoms with Gasteiger partial charge in [0.2, 0.25) is 5.91 Å². The molecule has 7 nitrogen and oxygen atoms in total. The molecule has 2 aromatic rings. The third kappa shape index (κ3) is 5.91. The molecule has 0 aliphatic heterocycles. The summed E-state index contributed by atoms with van der Waals surface area (Å²) in [6.45, 7) is 3.85. The summed E-state index contributed by atoms with van der Waals surface area (Å²) in [5, 5.41) is 14.8. The maximum atomic E-state index is 12.5. The van der Waals surface area contributed by atoms with Gasteiger partial charge in [0.1, 0.15) is 12.6 Å². The first kappa shape index (κ1) is 24.5. The molecule has 1 fully saturated rings. The van der Waals surface area contributed by atoms with E-state index in [1.165, 1.54) is 22.3 Å². The molecule has 3 unspecified atom stereocenters. The lowest BCUT2D eigenvalue weighted by Gasteiger charge is -2.17. The van der Waals surface area contributed by atoms with E-state index in [1.807, 2.05) is 24.3 Å². The number of carboxylic acids is 1. The lowest BCUT2D eigenvalue weighted by Crippen LogP contribution is -2.41. The molecule has 0 radical (unpaired) electrons. The SMILES string of the molecule is C=CCCC(NC(=O)CC1CCC(NC(=O)OCC2c3ccccc3-c3ccccc32)C1)C(=O)O. The number of ether oxygens (including phenoxy) is 1. The highest BCUT2D eigenvalue weighted by Crippen LogP contribution is 2.44. The van der Waals surface area contributed by atoms with Crippen molar-refractivity contribution < 1.29 is 24.2 Å². The van der Waals surface area contributed by atoms with E-state index in [9.17, 15) is 19.5 Å².